The van der Waals surface area contributed by atoms with E-state index >= 15 is 0 Å². The van der Waals surface area contributed by atoms with Gasteiger partial charge in [0, 0.05) is 6.42 Å². The minimum Gasteiger partial charge on any atom is -0.394 e. The molecule has 0 atom stereocenters. The Kier molecular flexibility index (Phi) is 8.22. The zero-order valence-corrected chi connectivity index (χ0v) is 10.9. The van der Waals surface area contributed by atoms with Crippen molar-refractivity contribution in [1.82, 2.24) is 0 Å². The fourth-order valence-corrected chi connectivity index (χ4v) is 1.16. The van der Waals surface area contributed by atoms with Crippen LogP contribution in [0.15, 0.2) is 24.3 Å². The molecule has 0 aliphatic carbocycles. The molecular weight excluding hydrogens is 234 g/mol. The molecule has 0 fully saturated rings. The number of benzene rings is 1. The summed E-state index contributed by atoms with van der Waals surface area (Å²) in [7, 11) is 0. The van der Waals surface area contributed by atoms with Crippen molar-refractivity contribution in [1.29, 1.82) is 0 Å². The van der Waals surface area contributed by atoms with Crippen LogP contribution < -0.4 is 10.6 Å². The average molecular weight is 253 g/mol. The summed E-state index contributed by atoms with van der Waals surface area (Å²) < 4.78 is 4.69. The van der Waals surface area contributed by atoms with Gasteiger partial charge in [-0.05, 0) is 31.0 Å². The van der Waals surface area contributed by atoms with E-state index in [-0.39, 0.29) is 5.78 Å². The van der Waals surface area contributed by atoms with Crippen molar-refractivity contribution in [3.05, 3.63) is 29.8 Å². The quantitative estimate of drug-likeness (QED) is 0.507. The molecule has 0 saturated carbocycles. The molecule has 1 rings (SSSR count). The second-order valence-corrected chi connectivity index (χ2v) is 3.32. The van der Waals surface area contributed by atoms with Gasteiger partial charge in [0.1, 0.15) is 11.5 Å². The van der Waals surface area contributed by atoms with Crippen molar-refractivity contribution in [2.45, 2.75) is 33.6 Å². The summed E-state index contributed by atoms with van der Waals surface area (Å²) in [6, 6.07) is 6.79. The van der Waals surface area contributed by atoms with Crippen LogP contribution in [0.2, 0.25) is 0 Å². The Bertz CT molecular complexity index is 373. The topological polar surface area (TPSA) is 78.6 Å². The van der Waals surface area contributed by atoms with E-state index in [2.05, 4.69) is 10.7 Å². The van der Waals surface area contributed by atoms with E-state index in [0.29, 0.717) is 18.6 Å². The van der Waals surface area contributed by atoms with Crippen LogP contribution in [0.25, 0.3) is 0 Å². The van der Waals surface area contributed by atoms with E-state index in [4.69, 9.17) is 4.74 Å². The van der Waals surface area contributed by atoms with E-state index in [1.165, 1.54) is 0 Å². The first-order valence-corrected chi connectivity index (χ1v) is 5.78. The van der Waals surface area contributed by atoms with Gasteiger partial charge < -0.3 is 14.4 Å². The predicted octanol–water partition coefficient (Wildman–Crippen LogP) is 2.62. The maximum Gasteiger partial charge on any atom is 0.533 e. The number of hydrogen-bond donors (Lipinski definition) is 1. The zero-order valence-electron chi connectivity index (χ0n) is 10.9. The monoisotopic (exact) mass is 253 g/mol. The Balaban J connectivity index is 0.00000137. The number of ketones is 1. The molecule has 0 amide bonds. The maximum absolute atomic E-state index is 10.8. The van der Waals surface area contributed by atoms with Crippen LogP contribution in [0.1, 0.15) is 32.8 Å². The maximum atomic E-state index is 10.8. The lowest BCUT2D eigenvalue weighted by Crippen LogP contribution is -2.14. The number of nitrogens with two attached hydrogens (primary N) is 1. The number of ether oxygens (including phenoxy) is 1. The number of aryl methyl sites for hydroxylation is 1. The fourth-order valence-electron chi connectivity index (χ4n) is 1.16. The first-order chi connectivity index (χ1) is 8.61. The van der Waals surface area contributed by atoms with E-state index < -0.39 is 6.16 Å². The van der Waals surface area contributed by atoms with Crippen molar-refractivity contribution in [3.63, 3.8) is 0 Å². The second-order valence-electron chi connectivity index (χ2n) is 3.32. The van der Waals surface area contributed by atoms with E-state index in [1.807, 2.05) is 13.8 Å². The van der Waals surface area contributed by atoms with Gasteiger partial charge in [0.2, 0.25) is 0 Å². The summed E-state index contributed by atoms with van der Waals surface area (Å²) in [6.07, 6.45) is 0.221. The Hall–Kier alpha value is -1.88. The van der Waals surface area contributed by atoms with Gasteiger partial charge in [-0.3, -0.25) is 0 Å². The van der Waals surface area contributed by atoms with Gasteiger partial charge in [0.15, 0.2) is 0 Å². The molecule has 1 aromatic rings. The minimum atomic E-state index is -0.962. The smallest absolute Gasteiger partial charge is 0.394 e. The first kappa shape index (κ1) is 16.1. The summed E-state index contributed by atoms with van der Waals surface area (Å²) in [5, 5.41) is 0. The summed E-state index contributed by atoms with van der Waals surface area (Å²) in [5.41, 5.74) is 1.00. The molecule has 0 heterocycles. The van der Waals surface area contributed by atoms with Crippen LogP contribution in [0.4, 0.5) is 4.79 Å². The van der Waals surface area contributed by atoms with Crippen LogP contribution in [0, 0.1) is 0 Å². The van der Waals surface area contributed by atoms with Crippen LogP contribution in [0.5, 0.6) is 5.75 Å². The van der Waals surface area contributed by atoms with Crippen LogP contribution >= 0.6 is 0 Å². The zero-order chi connectivity index (χ0) is 14.0. The van der Waals surface area contributed by atoms with Gasteiger partial charge >= 0.3 is 6.16 Å². The third-order valence-electron chi connectivity index (χ3n) is 1.99. The highest BCUT2D eigenvalue weighted by Gasteiger charge is 2.04. The van der Waals surface area contributed by atoms with Gasteiger partial charge in [0.05, 0.1) is 0 Å². The highest BCUT2D eigenvalue weighted by molar-refractivity contribution is 5.75. The molecule has 0 aliphatic heterocycles. The van der Waals surface area contributed by atoms with E-state index in [9.17, 15) is 9.59 Å². The largest absolute Gasteiger partial charge is 0.533 e. The van der Waals surface area contributed by atoms with Crippen LogP contribution in [-0.4, -0.2) is 11.9 Å². The van der Waals surface area contributed by atoms with Crippen molar-refractivity contribution >= 4 is 11.9 Å². The number of hydrogen-bond acceptors (Lipinski definition) is 5. The SMILES string of the molecule is CC.CC(=O)CCc1ccc(OC(=O)ON)cc1. The molecule has 0 spiro atoms. The molecule has 100 valence electrons. The Morgan fingerprint density at radius 2 is 1.72 bits per heavy atom. The Morgan fingerprint density at radius 1 is 1.17 bits per heavy atom. The second kappa shape index (κ2) is 9.18. The molecule has 0 bridgehead atoms. The lowest BCUT2D eigenvalue weighted by molar-refractivity contribution is -0.116. The molecule has 0 unspecified atom stereocenters. The highest BCUT2D eigenvalue weighted by atomic mass is 16.8. The van der Waals surface area contributed by atoms with Gasteiger partial charge in [-0.15, -0.1) is 0 Å². The number of rotatable bonds is 4. The predicted molar refractivity (Wildman–Crippen MR) is 68.1 cm³/mol. The van der Waals surface area contributed by atoms with Gasteiger partial charge in [-0.2, -0.15) is 5.90 Å². The fraction of sp³-hybridized carbons (Fsp3) is 0.385. The molecule has 18 heavy (non-hydrogen) atoms. The molecule has 1 aromatic carbocycles. The molecular formula is C13H19NO4. The normalized spacial score (nSPS) is 8.89. The molecule has 0 aromatic heterocycles. The lowest BCUT2D eigenvalue weighted by Gasteiger charge is -2.03. The highest BCUT2D eigenvalue weighted by Crippen LogP contribution is 2.13. The number of Topliss-reactive ketones (excluding diaryl/α,β-unsaturated/α-hetero) is 1. The molecule has 0 radical (unpaired) electrons. The van der Waals surface area contributed by atoms with Crippen LogP contribution in [0.3, 0.4) is 0 Å². The summed E-state index contributed by atoms with van der Waals surface area (Å²) in [6.45, 7) is 5.55. The van der Waals surface area contributed by atoms with Gasteiger partial charge in [-0.1, -0.05) is 26.0 Å². The van der Waals surface area contributed by atoms with Crippen molar-refractivity contribution in [2.24, 2.45) is 5.90 Å². The molecule has 0 saturated heterocycles. The van der Waals surface area contributed by atoms with Crippen LogP contribution in [-0.2, 0) is 16.1 Å². The van der Waals surface area contributed by atoms with Gasteiger partial charge in [-0.25, -0.2) is 4.79 Å². The Labute approximate surface area is 107 Å². The molecule has 5 heteroatoms. The molecule has 2 N–H and O–H groups in total. The Morgan fingerprint density at radius 3 is 2.17 bits per heavy atom. The third-order valence-corrected chi connectivity index (χ3v) is 1.99. The van der Waals surface area contributed by atoms with Gasteiger partial charge in [0.25, 0.3) is 0 Å². The van der Waals surface area contributed by atoms with Crippen molar-refractivity contribution in [3.8, 4) is 5.75 Å². The number of carbonyl (C=O) groups excluding carboxylic acids is 2. The van der Waals surface area contributed by atoms with E-state index in [0.717, 1.165) is 5.56 Å². The van der Waals surface area contributed by atoms with Crippen molar-refractivity contribution in [2.75, 3.05) is 0 Å². The first-order valence-electron chi connectivity index (χ1n) is 5.78. The molecule has 0 aliphatic rings. The summed E-state index contributed by atoms with van der Waals surface area (Å²) in [5.74, 6) is 5.11. The summed E-state index contributed by atoms with van der Waals surface area (Å²) in [4.78, 5) is 25.3. The third kappa shape index (κ3) is 6.65. The lowest BCUT2D eigenvalue weighted by atomic mass is 10.1. The average Bonchev–Trinajstić information content (AvgIpc) is 2.40. The standard InChI is InChI=1S/C11H13NO4.C2H6/c1-8(13)2-3-9-4-6-10(7-5-9)15-11(14)16-12;1-2/h4-7H,2-3,12H2,1H3;1-2H3. The summed E-state index contributed by atoms with van der Waals surface area (Å²) >= 11 is 0. The van der Waals surface area contributed by atoms with Crippen molar-refractivity contribution < 1.29 is 19.2 Å². The number of carbonyl (C=O) groups is 2. The minimum absolute atomic E-state index is 0.145. The molecule has 5 nitrogen and oxygen atoms in total. The van der Waals surface area contributed by atoms with E-state index in [1.54, 1.807) is 31.2 Å².